The quantitative estimate of drug-likeness (QED) is 0.919. The van der Waals surface area contributed by atoms with Gasteiger partial charge in [-0.15, -0.1) is 0 Å². The number of hydrogen-bond acceptors (Lipinski definition) is 4. The Kier molecular flexibility index (Phi) is 4.56. The zero-order chi connectivity index (χ0) is 14.6. The predicted octanol–water partition coefficient (Wildman–Crippen LogP) is 2.06. The van der Waals surface area contributed by atoms with E-state index in [4.69, 9.17) is 22.0 Å². The molecule has 0 aliphatic carbocycles. The Labute approximate surface area is 110 Å². The van der Waals surface area contributed by atoms with E-state index in [-0.39, 0.29) is 16.4 Å². The summed E-state index contributed by atoms with van der Waals surface area (Å²) in [6, 6.07) is 2.90. The van der Waals surface area contributed by atoms with Crippen molar-refractivity contribution in [1.82, 2.24) is 4.98 Å². The van der Waals surface area contributed by atoms with Crippen molar-refractivity contribution < 1.29 is 23.1 Å². The van der Waals surface area contributed by atoms with Crippen LogP contribution in [0.5, 0.6) is 0 Å². The Morgan fingerprint density at radius 1 is 1.58 bits per heavy atom. The lowest BCUT2D eigenvalue weighted by Crippen LogP contribution is -2.38. The van der Waals surface area contributed by atoms with Crippen LogP contribution in [0.15, 0.2) is 12.3 Å². The summed E-state index contributed by atoms with van der Waals surface area (Å²) in [5.74, 6) is -1.86. The van der Waals surface area contributed by atoms with Crippen LogP contribution in [-0.2, 0) is 4.79 Å². The molecule has 1 aromatic heterocycles. The average molecular weight is 294 g/mol. The smallest absolute Gasteiger partial charge is 0.405 e. The van der Waals surface area contributed by atoms with E-state index >= 15 is 0 Å². The van der Waals surface area contributed by atoms with Gasteiger partial charge < -0.3 is 10.0 Å². The van der Waals surface area contributed by atoms with Gasteiger partial charge in [-0.2, -0.15) is 18.4 Å². The molecule has 0 aliphatic heterocycles. The fourth-order valence-electron chi connectivity index (χ4n) is 1.32. The van der Waals surface area contributed by atoms with E-state index < -0.39 is 25.2 Å². The molecule has 0 radical (unpaired) electrons. The topological polar surface area (TPSA) is 77.2 Å². The highest BCUT2D eigenvalue weighted by atomic mass is 35.5. The molecule has 0 spiro atoms. The van der Waals surface area contributed by atoms with Crippen molar-refractivity contribution in [1.29, 1.82) is 5.26 Å². The summed E-state index contributed by atoms with van der Waals surface area (Å²) in [5.41, 5.74) is -0.0794. The molecule has 5 nitrogen and oxygen atoms in total. The first kappa shape index (κ1) is 15.0. The highest BCUT2D eigenvalue weighted by Crippen LogP contribution is 2.28. The Morgan fingerprint density at radius 3 is 2.68 bits per heavy atom. The number of carboxylic acids is 1. The van der Waals surface area contributed by atoms with Crippen LogP contribution in [0, 0.1) is 11.3 Å². The molecule has 0 fully saturated rings. The number of anilines is 1. The van der Waals surface area contributed by atoms with E-state index in [0.29, 0.717) is 4.90 Å². The monoisotopic (exact) mass is 293 g/mol. The lowest BCUT2D eigenvalue weighted by Gasteiger charge is -2.23. The molecular formula is C10H7ClF3N3O2. The highest BCUT2D eigenvalue weighted by Gasteiger charge is 2.33. The number of carbonyl (C=O) groups is 1. The average Bonchev–Trinajstić information content (AvgIpc) is 2.26. The van der Waals surface area contributed by atoms with Crippen LogP contribution in [0.4, 0.5) is 19.0 Å². The highest BCUT2D eigenvalue weighted by molar-refractivity contribution is 6.34. The predicted molar refractivity (Wildman–Crippen MR) is 59.9 cm³/mol. The fourth-order valence-corrected chi connectivity index (χ4v) is 1.60. The van der Waals surface area contributed by atoms with Gasteiger partial charge in [0.25, 0.3) is 0 Å². The second-order valence-electron chi connectivity index (χ2n) is 3.47. The van der Waals surface area contributed by atoms with Gasteiger partial charge in [-0.3, -0.25) is 4.79 Å². The van der Waals surface area contributed by atoms with Crippen molar-refractivity contribution in [3.63, 3.8) is 0 Å². The Balaban J connectivity index is 3.18. The number of aliphatic carboxylic acids is 1. The van der Waals surface area contributed by atoms with Gasteiger partial charge in [-0.05, 0) is 6.07 Å². The maximum atomic E-state index is 12.4. The molecule has 0 aliphatic rings. The molecule has 1 heterocycles. The summed E-state index contributed by atoms with van der Waals surface area (Å²) >= 11 is 5.73. The lowest BCUT2D eigenvalue weighted by atomic mass is 10.2. The van der Waals surface area contributed by atoms with Gasteiger partial charge in [0.05, 0.1) is 5.56 Å². The van der Waals surface area contributed by atoms with Crippen molar-refractivity contribution in [2.75, 3.05) is 18.0 Å². The first-order valence-electron chi connectivity index (χ1n) is 4.82. The standard InChI is InChI=1S/C10H7ClF3N3O2/c11-8-6(3-15)1-2-16-9(8)17(4-7(18)19)5-10(12,13)14/h1-2H,4-5H2,(H,18,19). The molecule has 0 bridgehead atoms. The third kappa shape index (κ3) is 4.30. The van der Waals surface area contributed by atoms with Crippen LogP contribution in [-0.4, -0.2) is 35.3 Å². The van der Waals surface area contributed by atoms with Crippen LogP contribution in [0.3, 0.4) is 0 Å². The normalized spacial score (nSPS) is 10.9. The minimum Gasteiger partial charge on any atom is -0.480 e. The van der Waals surface area contributed by atoms with Gasteiger partial charge in [0.15, 0.2) is 0 Å². The number of nitriles is 1. The number of nitrogens with zero attached hydrogens (tertiary/aromatic N) is 3. The molecule has 0 aromatic carbocycles. The third-order valence-corrected chi connectivity index (χ3v) is 2.36. The lowest BCUT2D eigenvalue weighted by molar-refractivity contribution is -0.136. The summed E-state index contributed by atoms with van der Waals surface area (Å²) in [6.45, 7) is -2.46. The second-order valence-corrected chi connectivity index (χ2v) is 3.85. The summed E-state index contributed by atoms with van der Waals surface area (Å²) in [4.78, 5) is 14.6. The molecule has 1 N–H and O–H groups in total. The van der Waals surface area contributed by atoms with Gasteiger partial charge in [0, 0.05) is 6.20 Å². The Hall–Kier alpha value is -2.01. The summed E-state index contributed by atoms with van der Waals surface area (Å²) in [6.07, 6.45) is -3.53. The second kappa shape index (κ2) is 5.75. The van der Waals surface area contributed by atoms with E-state index in [9.17, 15) is 18.0 Å². The number of pyridine rings is 1. The molecule has 0 amide bonds. The van der Waals surface area contributed by atoms with Crippen molar-refractivity contribution in [3.05, 3.63) is 22.8 Å². The van der Waals surface area contributed by atoms with Crippen LogP contribution in [0.2, 0.25) is 5.02 Å². The Morgan fingerprint density at radius 2 is 2.21 bits per heavy atom. The number of alkyl halides is 3. The van der Waals surface area contributed by atoms with Gasteiger partial charge in [0.1, 0.15) is 30.0 Å². The van der Waals surface area contributed by atoms with Crippen molar-refractivity contribution in [3.8, 4) is 6.07 Å². The van der Waals surface area contributed by atoms with Crippen molar-refractivity contribution >= 4 is 23.4 Å². The largest absolute Gasteiger partial charge is 0.480 e. The summed E-state index contributed by atoms with van der Waals surface area (Å²) < 4.78 is 37.2. The number of aromatic nitrogens is 1. The number of rotatable bonds is 4. The Bertz CT molecular complexity index is 528. The van der Waals surface area contributed by atoms with Crippen LogP contribution in [0.1, 0.15) is 5.56 Å². The number of carboxylic acid groups (broad SMARTS) is 1. The van der Waals surface area contributed by atoms with E-state index in [0.717, 1.165) is 6.20 Å². The first-order chi connectivity index (χ1) is 8.74. The van der Waals surface area contributed by atoms with E-state index in [1.165, 1.54) is 6.07 Å². The van der Waals surface area contributed by atoms with Gasteiger partial charge in [-0.1, -0.05) is 11.6 Å². The molecule has 0 unspecified atom stereocenters. The van der Waals surface area contributed by atoms with Gasteiger partial charge >= 0.3 is 12.1 Å². The van der Waals surface area contributed by atoms with Crippen LogP contribution >= 0.6 is 11.6 Å². The zero-order valence-corrected chi connectivity index (χ0v) is 10.0. The third-order valence-electron chi connectivity index (χ3n) is 1.99. The zero-order valence-electron chi connectivity index (χ0n) is 9.28. The minimum absolute atomic E-state index is 0.0794. The van der Waals surface area contributed by atoms with Gasteiger partial charge in [0.2, 0.25) is 0 Å². The first-order valence-corrected chi connectivity index (χ1v) is 5.20. The molecule has 0 saturated carbocycles. The summed E-state index contributed by atoms with van der Waals surface area (Å²) in [7, 11) is 0. The minimum atomic E-state index is -4.62. The molecule has 1 aromatic rings. The number of hydrogen-bond donors (Lipinski definition) is 1. The van der Waals surface area contributed by atoms with E-state index in [2.05, 4.69) is 4.98 Å². The molecule has 0 saturated heterocycles. The molecular weight excluding hydrogens is 287 g/mol. The van der Waals surface area contributed by atoms with Gasteiger partial charge in [-0.25, -0.2) is 4.98 Å². The van der Waals surface area contributed by atoms with Crippen molar-refractivity contribution in [2.24, 2.45) is 0 Å². The molecule has 1 rings (SSSR count). The summed E-state index contributed by atoms with van der Waals surface area (Å²) in [5, 5.41) is 17.0. The maximum absolute atomic E-state index is 12.4. The van der Waals surface area contributed by atoms with Crippen LogP contribution in [0.25, 0.3) is 0 Å². The molecule has 0 atom stereocenters. The maximum Gasteiger partial charge on any atom is 0.405 e. The fraction of sp³-hybridized carbons (Fsp3) is 0.300. The number of halogens is 4. The SMILES string of the molecule is N#Cc1ccnc(N(CC(=O)O)CC(F)(F)F)c1Cl. The van der Waals surface area contributed by atoms with E-state index in [1.807, 2.05) is 0 Å². The van der Waals surface area contributed by atoms with Crippen LogP contribution < -0.4 is 4.90 Å². The van der Waals surface area contributed by atoms with Crippen molar-refractivity contribution in [2.45, 2.75) is 6.18 Å². The van der Waals surface area contributed by atoms with E-state index in [1.54, 1.807) is 6.07 Å². The molecule has 19 heavy (non-hydrogen) atoms. The molecule has 9 heteroatoms. The molecule has 102 valence electrons.